The fourth-order valence-electron chi connectivity index (χ4n) is 4.65. The average Bonchev–Trinajstić information content (AvgIpc) is 2.93. The number of benzene rings is 1. The van der Waals surface area contributed by atoms with Crippen molar-refractivity contribution < 1.29 is 19.0 Å². The third kappa shape index (κ3) is 2.99. The Morgan fingerprint density at radius 2 is 2.18 bits per heavy atom. The highest BCUT2D eigenvalue weighted by atomic mass is 16.6. The smallest absolute Gasteiger partial charge is 0.323 e. The van der Waals surface area contributed by atoms with E-state index in [-0.39, 0.29) is 29.5 Å². The van der Waals surface area contributed by atoms with E-state index in [0.29, 0.717) is 6.42 Å². The molecule has 1 aromatic rings. The van der Waals surface area contributed by atoms with E-state index in [2.05, 4.69) is 24.1 Å². The first kappa shape index (κ1) is 19.3. The SMILES string of the molecule is COc1ccc2c3c1OC1CC(OC(=O)C(N)C(C)C)C=CC31CCN(C)C2. The van der Waals surface area contributed by atoms with Crippen LogP contribution in [-0.2, 0) is 21.5 Å². The number of hydrogen-bond acceptors (Lipinski definition) is 6. The minimum atomic E-state index is -0.607. The van der Waals surface area contributed by atoms with E-state index < -0.39 is 6.04 Å². The van der Waals surface area contributed by atoms with Gasteiger partial charge in [0.2, 0.25) is 0 Å². The first-order valence-corrected chi connectivity index (χ1v) is 10.1. The highest BCUT2D eigenvalue weighted by Gasteiger charge is 2.53. The lowest BCUT2D eigenvalue weighted by atomic mass is 9.69. The molecule has 28 heavy (non-hydrogen) atoms. The van der Waals surface area contributed by atoms with Crippen LogP contribution in [0.25, 0.3) is 0 Å². The second kappa shape index (κ2) is 7.08. The maximum atomic E-state index is 12.3. The first-order chi connectivity index (χ1) is 13.4. The van der Waals surface area contributed by atoms with E-state index >= 15 is 0 Å². The molecule has 0 amide bonds. The molecular formula is C22H30N2O4. The summed E-state index contributed by atoms with van der Waals surface area (Å²) in [4.78, 5) is 14.7. The van der Waals surface area contributed by atoms with Crippen LogP contribution < -0.4 is 15.2 Å². The first-order valence-electron chi connectivity index (χ1n) is 10.1. The van der Waals surface area contributed by atoms with Crippen LogP contribution in [0.1, 0.15) is 37.8 Å². The molecule has 1 aliphatic carbocycles. The highest BCUT2D eigenvalue weighted by Crippen LogP contribution is 2.55. The van der Waals surface area contributed by atoms with E-state index in [1.165, 1.54) is 11.1 Å². The Morgan fingerprint density at radius 3 is 2.89 bits per heavy atom. The van der Waals surface area contributed by atoms with Crippen LogP contribution in [-0.4, -0.2) is 49.8 Å². The maximum absolute atomic E-state index is 12.3. The molecule has 152 valence electrons. The van der Waals surface area contributed by atoms with Crippen LogP contribution in [0, 0.1) is 5.92 Å². The number of nitrogens with two attached hydrogens (primary N) is 1. The normalized spacial score (nSPS) is 29.5. The zero-order valence-corrected chi connectivity index (χ0v) is 17.1. The Kier molecular flexibility index (Phi) is 4.88. The van der Waals surface area contributed by atoms with E-state index in [9.17, 15) is 4.79 Å². The Balaban J connectivity index is 1.67. The Hall–Kier alpha value is -2.05. The van der Waals surface area contributed by atoms with Gasteiger partial charge in [0.1, 0.15) is 18.2 Å². The number of methoxy groups -OCH3 is 1. The number of rotatable bonds is 4. The summed E-state index contributed by atoms with van der Waals surface area (Å²) in [6.45, 7) is 5.71. The monoisotopic (exact) mass is 386 g/mol. The minimum absolute atomic E-state index is 0.0441. The van der Waals surface area contributed by atoms with Gasteiger partial charge in [-0.05, 0) is 43.6 Å². The molecule has 0 bridgehead atoms. The quantitative estimate of drug-likeness (QED) is 0.633. The molecule has 0 fully saturated rings. The number of hydrogen-bond donors (Lipinski definition) is 1. The van der Waals surface area contributed by atoms with Crippen LogP contribution >= 0.6 is 0 Å². The molecule has 1 aromatic carbocycles. The van der Waals surface area contributed by atoms with Crippen LogP contribution in [0.15, 0.2) is 24.3 Å². The van der Waals surface area contributed by atoms with Gasteiger partial charge in [-0.3, -0.25) is 4.79 Å². The van der Waals surface area contributed by atoms with Crippen molar-refractivity contribution >= 4 is 5.97 Å². The summed E-state index contributed by atoms with van der Waals surface area (Å²) in [5, 5.41) is 0. The molecule has 1 spiro atoms. The van der Waals surface area contributed by atoms with Gasteiger partial charge in [-0.15, -0.1) is 0 Å². The predicted molar refractivity (Wildman–Crippen MR) is 106 cm³/mol. The molecule has 4 atom stereocenters. The van der Waals surface area contributed by atoms with Gasteiger partial charge in [-0.2, -0.15) is 0 Å². The van der Waals surface area contributed by atoms with Crippen molar-refractivity contribution in [2.75, 3.05) is 20.7 Å². The van der Waals surface area contributed by atoms with Gasteiger partial charge in [-0.1, -0.05) is 26.0 Å². The molecule has 0 radical (unpaired) electrons. The summed E-state index contributed by atoms with van der Waals surface area (Å²) in [7, 11) is 3.82. The molecule has 2 heterocycles. The van der Waals surface area contributed by atoms with Gasteiger partial charge in [0, 0.05) is 18.5 Å². The van der Waals surface area contributed by atoms with Crippen molar-refractivity contribution in [3.05, 3.63) is 35.4 Å². The van der Waals surface area contributed by atoms with Gasteiger partial charge in [0.25, 0.3) is 0 Å². The summed E-state index contributed by atoms with van der Waals surface area (Å²) in [5.74, 6) is 1.30. The second-order valence-corrected chi connectivity index (χ2v) is 8.61. The van der Waals surface area contributed by atoms with E-state index in [0.717, 1.165) is 31.0 Å². The maximum Gasteiger partial charge on any atom is 0.323 e. The van der Waals surface area contributed by atoms with Crippen molar-refractivity contribution in [1.29, 1.82) is 0 Å². The summed E-state index contributed by atoms with van der Waals surface area (Å²) in [6, 6.07) is 3.53. The van der Waals surface area contributed by atoms with Crippen LogP contribution in [0.4, 0.5) is 0 Å². The largest absolute Gasteiger partial charge is 0.493 e. The number of ether oxygens (including phenoxy) is 3. The fourth-order valence-corrected chi connectivity index (χ4v) is 4.65. The Bertz CT molecular complexity index is 806. The minimum Gasteiger partial charge on any atom is -0.493 e. The number of nitrogens with zero attached hydrogens (tertiary/aromatic N) is 1. The fraction of sp³-hybridized carbons (Fsp3) is 0.591. The van der Waals surface area contributed by atoms with Gasteiger partial charge in [-0.25, -0.2) is 0 Å². The number of carbonyl (C=O) groups excluding carboxylic acids is 1. The second-order valence-electron chi connectivity index (χ2n) is 8.61. The van der Waals surface area contributed by atoms with E-state index in [1.807, 2.05) is 26.0 Å². The van der Waals surface area contributed by atoms with Crippen molar-refractivity contribution in [3.8, 4) is 11.5 Å². The summed E-state index contributed by atoms with van der Waals surface area (Å²) in [6.07, 6.45) is 5.40. The topological polar surface area (TPSA) is 74.0 Å². The third-order valence-corrected chi connectivity index (χ3v) is 6.39. The molecule has 0 saturated carbocycles. The summed E-state index contributed by atoms with van der Waals surface area (Å²) in [5.41, 5.74) is 8.27. The number of esters is 1. The summed E-state index contributed by atoms with van der Waals surface area (Å²) < 4.78 is 17.7. The molecule has 4 rings (SSSR count). The lowest BCUT2D eigenvalue weighted by Crippen LogP contribution is -2.45. The van der Waals surface area contributed by atoms with Gasteiger partial charge in [0.15, 0.2) is 11.5 Å². The van der Waals surface area contributed by atoms with Crippen molar-refractivity contribution in [2.24, 2.45) is 11.7 Å². The van der Waals surface area contributed by atoms with E-state index in [4.69, 9.17) is 19.9 Å². The summed E-state index contributed by atoms with van der Waals surface area (Å²) >= 11 is 0. The molecule has 3 aliphatic rings. The molecule has 6 heteroatoms. The molecule has 0 aromatic heterocycles. The van der Waals surface area contributed by atoms with Crippen LogP contribution in [0.3, 0.4) is 0 Å². The molecule has 6 nitrogen and oxygen atoms in total. The van der Waals surface area contributed by atoms with Crippen LogP contribution in [0.2, 0.25) is 0 Å². The molecular weight excluding hydrogens is 356 g/mol. The molecule has 4 unspecified atom stereocenters. The van der Waals surface area contributed by atoms with Gasteiger partial charge < -0.3 is 24.8 Å². The lowest BCUT2D eigenvalue weighted by molar-refractivity contribution is -0.151. The zero-order chi connectivity index (χ0) is 20.1. The standard InChI is InChI=1S/C22H30N2O4/c1-13(2)19(23)21(25)27-15-7-8-22-9-10-24(3)12-14-5-6-16(26-4)20(18(14)22)28-17(22)11-15/h5-8,13,15,17,19H,9-12,23H2,1-4H3. The highest BCUT2D eigenvalue weighted by molar-refractivity contribution is 5.76. The number of carbonyl (C=O) groups is 1. The van der Waals surface area contributed by atoms with Crippen molar-refractivity contribution in [2.45, 2.75) is 56.9 Å². The zero-order valence-electron chi connectivity index (χ0n) is 17.1. The molecule has 2 aliphatic heterocycles. The molecule has 0 saturated heterocycles. The van der Waals surface area contributed by atoms with Gasteiger partial charge >= 0.3 is 5.97 Å². The van der Waals surface area contributed by atoms with E-state index in [1.54, 1.807) is 7.11 Å². The predicted octanol–water partition coefficient (Wildman–Crippen LogP) is 2.38. The average molecular weight is 386 g/mol. The Labute approximate surface area is 166 Å². The van der Waals surface area contributed by atoms with Crippen LogP contribution in [0.5, 0.6) is 11.5 Å². The molecule has 2 N–H and O–H groups in total. The Morgan fingerprint density at radius 1 is 1.39 bits per heavy atom. The van der Waals surface area contributed by atoms with Gasteiger partial charge in [0.05, 0.1) is 12.5 Å². The lowest BCUT2D eigenvalue weighted by Gasteiger charge is -2.37. The third-order valence-electron chi connectivity index (χ3n) is 6.39. The van der Waals surface area contributed by atoms with Crippen molar-refractivity contribution in [3.63, 3.8) is 0 Å². The van der Waals surface area contributed by atoms with Crippen molar-refractivity contribution in [1.82, 2.24) is 4.90 Å².